The normalized spacial score (nSPS) is 17.6. The lowest BCUT2D eigenvalue weighted by molar-refractivity contribution is 0.145. The summed E-state index contributed by atoms with van der Waals surface area (Å²) in [5, 5.41) is 0. The predicted molar refractivity (Wildman–Crippen MR) is 102 cm³/mol. The quantitative estimate of drug-likeness (QED) is 0.724. The topological polar surface area (TPSA) is 84.6 Å². The van der Waals surface area contributed by atoms with Gasteiger partial charge in [-0.1, -0.05) is 12.1 Å². The number of hydrogen-bond acceptors (Lipinski definition) is 5. The predicted octanol–water partition coefficient (Wildman–Crippen LogP) is 0.291. The Morgan fingerprint density at radius 3 is 2.32 bits per heavy atom. The Morgan fingerprint density at radius 1 is 1.07 bits per heavy atom. The van der Waals surface area contributed by atoms with Gasteiger partial charge in [0.25, 0.3) is 5.56 Å². The van der Waals surface area contributed by atoms with Crippen molar-refractivity contribution in [3.05, 3.63) is 62.7 Å². The molecule has 1 atom stereocenters. The lowest BCUT2D eigenvalue weighted by Gasteiger charge is -2.37. The molecule has 152 valence electrons. The van der Waals surface area contributed by atoms with E-state index < -0.39 is 26.2 Å². The van der Waals surface area contributed by atoms with Gasteiger partial charge in [0, 0.05) is 52.5 Å². The fourth-order valence-electron chi connectivity index (χ4n) is 3.40. The summed E-state index contributed by atoms with van der Waals surface area (Å²) >= 11 is 0. The van der Waals surface area contributed by atoms with Crippen molar-refractivity contribution in [2.24, 2.45) is 14.1 Å². The van der Waals surface area contributed by atoms with Gasteiger partial charge in [0.15, 0.2) is 4.90 Å². The van der Waals surface area contributed by atoms with Crippen LogP contribution < -0.4 is 11.2 Å². The fraction of sp³-hybridized carbons (Fsp3) is 0.444. The number of halogens is 1. The number of aromatic nitrogens is 2. The smallest absolute Gasteiger partial charge is 0.302 e. The Labute approximate surface area is 162 Å². The summed E-state index contributed by atoms with van der Waals surface area (Å²) in [5.74, 6) is -0.309. The molecule has 0 N–H and O–H groups in total. The van der Waals surface area contributed by atoms with Gasteiger partial charge in [-0.2, -0.15) is 4.31 Å². The molecule has 1 fully saturated rings. The molecule has 1 saturated heterocycles. The van der Waals surface area contributed by atoms with Gasteiger partial charge in [-0.25, -0.2) is 17.6 Å². The molecule has 3 rings (SSSR count). The molecule has 2 aromatic rings. The maximum atomic E-state index is 13.5. The van der Waals surface area contributed by atoms with E-state index in [2.05, 4.69) is 4.90 Å². The Balaban J connectivity index is 1.79. The van der Waals surface area contributed by atoms with Crippen LogP contribution in [0.5, 0.6) is 0 Å². The molecule has 0 saturated carbocycles. The molecular weight excluding hydrogens is 387 g/mol. The minimum atomic E-state index is -4.02. The van der Waals surface area contributed by atoms with Crippen LogP contribution in [0.3, 0.4) is 0 Å². The van der Waals surface area contributed by atoms with Crippen LogP contribution in [0.4, 0.5) is 4.39 Å². The van der Waals surface area contributed by atoms with Crippen LogP contribution >= 0.6 is 0 Å². The zero-order valence-electron chi connectivity index (χ0n) is 16.0. The molecule has 28 heavy (non-hydrogen) atoms. The highest BCUT2D eigenvalue weighted by Gasteiger charge is 2.33. The summed E-state index contributed by atoms with van der Waals surface area (Å²) in [6.07, 6.45) is 1.07. The van der Waals surface area contributed by atoms with E-state index in [9.17, 15) is 22.4 Å². The minimum absolute atomic E-state index is 0.0639. The average Bonchev–Trinajstić information content (AvgIpc) is 2.68. The largest absolute Gasteiger partial charge is 0.330 e. The second-order valence-corrected chi connectivity index (χ2v) is 8.83. The molecular formula is C18H23FN4O4S. The standard InChI is InChI=1S/C18H23FN4O4S/c1-13(14-5-4-6-15(19)11-14)22-7-9-23(10-8-22)28(26,27)16-12-20(2)18(25)21(3)17(16)24/h4-6,11-13H,7-10H2,1-3H3. The van der Waals surface area contributed by atoms with E-state index in [4.69, 9.17) is 0 Å². The summed E-state index contributed by atoms with van der Waals surface area (Å²) in [7, 11) is -1.37. The van der Waals surface area contributed by atoms with Gasteiger partial charge < -0.3 is 4.57 Å². The van der Waals surface area contributed by atoms with E-state index in [1.54, 1.807) is 6.07 Å². The van der Waals surface area contributed by atoms with E-state index in [0.717, 1.165) is 20.9 Å². The molecule has 2 heterocycles. The maximum Gasteiger partial charge on any atom is 0.330 e. The lowest BCUT2D eigenvalue weighted by atomic mass is 10.1. The van der Waals surface area contributed by atoms with Crippen LogP contribution in [-0.2, 0) is 24.1 Å². The molecule has 0 aliphatic carbocycles. The summed E-state index contributed by atoms with van der Waals surface area (Å²) in [4.78, 5) is 25.8. The summed E-state index contributed by atoms with van der Waals surface area (Å²) in [6, 6.07) is 6.28. The third-order valence-electron chi connectivity index (χ3n) is 5.18. The summed E-state index contributed by atoms with van der Waals surface area (Å²) < 4.78 is 42.5. The van der Waals surface area contributed by atoms with Crippen LogP contribution in [0, 0.1) is 5.82 Å². The first kappa shape index (κ1) is 20.4. The van der Waals surface area contributed by atoms with Crippen molar-refractivity contribution < 1.29 is 12.8 Å². The van der Waals surface area contributed by atoms with E-state index in [-0.39, 0.29) is 24.9 Å². The molecule has 10 heteroatoms. The molecule has 1 aliphatic heterocycles. The van der Waals surface area contributed by atoms with E-state index in [1.807, 2.05) is 13.0 Å². The molecule has 1 aliphatic rings. The highest BCUT2D eigenvalue weighted by Crippen LogP contribution is 2.23. The van der Waals surface area contributed by atoms with Crippen molar-refractivity contribution in [3.8, 4) is 0 Å². The van der Waals surface area contributed by atoms with Crippen molar-refractivity contribution in [2.45, 2.75) is 17.9 Å². The Kier molecular flexibility index (Phi) is 5.55. The number of hydrogen-bond donors (Lipinski definition) is 0. The number of aryl methyl sites for hydroxylation is 1. The highest BCUT2D eigenvalue weighted by molar-refractivity contribution is 7.89. The third kappa shape index (κ3) is 3.67. The zero-order valence-corrected chi connectivity index (χ0v) is 16.8. The van der Waals surface area contributed by atoms with Gasteiger partial charge in [0.05, 0.1) is 0 Å². The van der Waals surface area contributed by atoms with Gasteiger partial charge in [0.2, 0.25) is 10.0 Å². The molecule has 0 amide bonds. The van der Waals surface area contributed by atoms with Crippen LogP contribution in [0.15, 0.2) is 44.9 Å². The number of piperazine rings is 1. The van der Waals surface area contributed by atoms with Gasteiger partial charge in [-0.3, -0.25) is 14.3 Å². The van der Waals surface area contributed by atoms with Crippen molar-refractivity contribution in [1.29, 1.82) is 0 Å². The van der Waals surface area contributed by atoms with Gasteiger partial charge in [0.1, 0.15) is 5.82 Å². The third-order valence-corrected chi connectivity index (χ3v) is 7.07. The molecule has 0 bridgehead atoms. The SMILES string of the molecule is CC(c1cccc(F)c1)N1CCN(S(=O)(=O)c2cn(C)c(=O)n(C)c2=O)CC1. The summed E-state index contributed by atoms with van der Waals surface area (Å²) in [6.45, 7) is 3.25. The molecule has 1 aromatic heterocycles. The highest BCUT2D eigenvalue weighted by atomic mass is 32.2. The maximum absolute atomic E-state index is 13.5. The number of sulfonamides is 1. The first-order valence-electron chi connectivity index (χ1n) is 8.89. The van der Waals surface area contributed by atoms with Crippen molar-refractivity contribution in [2.75, 3.05) is 26.2 Å². The summed E-state index contributed by atoms with van der Waals surface area (Å²) in [5.41, 5.74) is -0.598. The van der Waals surface area contributed by atoms with Gasteiger partial charge in [-0.15, -0.1) is 0 Å². The van der Waals surface area contributed by atoms with Gasteiger partial charge >= 0.3 is 5.69 Å². The molecule has 8 nitrogen and oxygen atoms in total. The molecule has 1 aromatic carbocycles. The average molecular weight is 410 g/mol. The lowest BCUT2D eigenvalue weighted by Crippen LogP contribution is -2.51. The van der Waals surface area contributed by atoms with E-state index >= 15 is 0 Å². The first-order chi connectivity index (χ1) is 13.1. The van der Waals surface area contributed by atoms with Crippen molar-refractivity contribution in [1.82, 2.24) is 18.3 Å². The van der Waals surface area contributed by atoms with E-state index in [1.165, 1.54) is 30.5 Å². The second kappa shape index (κ2) is 7.61. The second-order valence-electron chi connectivity index (χ2n) is 6.92. The number of nitrogens with zero attached hydrogens (tertiary/aromatic N) is 4. The van der Waals surface area contributed by atoms with Crippen molar-refractivity contribution in [3.63, 3.8) is 0 Å². The van der Waals surface area contributed by atoms with Crippen LogP contribution in [-0.4, -0.2) is 52.9 Å². The van der Waals surface area contributed by atoms with Crippen LogP contribution in [0.1, 0.15) is 18.5 Å². The molecule has 0 radical (unpaired) electrons. The number of benzene rings is 1. The Morgan fingerprint density at radius 2 is 1.71 bits per heavy atom. The molecule has 0 spiro atoms. The number of rotatable bonds is 4. The Hall–Kier alpha value is -2.30. The monoisotopic (exact) mass is 410 g/mol. The first-order valence-corrected chi connectivity index (χ1v) is 10.3. The Bertz CT molecular complexity index is 1100. The van der Waals surface area contributed by atoms with E-state index in [0.29, 0.717) is 13.1 Å². The minimum Gasteiger partial charge on any atom is -0.302 e. The fourth-order valence-corrected chi connectivity index (χ4v) is 4.97. The molecule has 1 unspecified atom stereocenters. The van der Waals surface area contributed by atoms with Crippen molar-refractivity contribution >= 4 is 10.0 Å². The zero-order chi connectivity index (χ0) is 20.6. The van der Waals surface area contributed by atoms with Crippen LogP contribution in [0.25, 0.3) is 0 Å². The van der Waals surface area contributed by atoms with Crippen LogP contribution in [0.2, 0.25) is 0 Å². The van der Waals surface area contributed by atoms with Gasteiger partial charge in [-0.05, 0) is 24.6 Å².